The van der Waals surface area contributed by atoms with Crippen LogP contribution in [0.2, 0.25) is 5.02 Å². The van der Waals surface area contributed by atoms with E-state index in [-0.39, 0.29) is 18.4 Å². The molecule has 0 saturated carbocycles. The van der Waals surface area contributed by atoms with Gasteiger partial charge in [-0.3, -0.25) is 9.59 Å². The zero-order valence-electron chi connectivity index (χ0n) is 16.4. The van der Waals surface area contributed by atoms with E-state index < -0.39 is 0 Å². The van der Waals surface area contributed by atoms with Crippen LogP contribution in [0.1, 0.15) is 15.9 Å². The summed E-state index contributed by atoms with van der Waals surface area (Å²) in [7, 11) is 1.52. The van der Waals surface area contributed by atoms with E-state index in [1.807, 2.05) is 30.3 Å². The zero-order chi connectivity index (χ0) is 21.3. The van der Waals surface area contributed by atoms with Gasteiger partial charge < -0.3 is 20.7 Å². The Morgan fingerprint density at radius 1 is 0.933 bits per heavy atom. The second-order valence-electron chi connectivity index (χ2n) is 6.46. The molecule has 3 aromatic carbocycles. The monoisotopic (exact) mass is 423 g/mol. The van der Waals surface area contributed by atoms with Crippen LogP contribution in [0.25, 0.3) is 0 Å². The number of para-hydroxylation sites is 1. The van der Waals surface area contributed by atoms with Crippen LogP contribution in [0.15, 0.2) is 72.8 Å². The summed E-state index contributed by atoms with van der Waals surface area (Å²) in [6, 6.07) is 21.7. The van der Waals surface area contributed by atoms with Crippen LogP contribution in [0.3, 0.4) is 0 Å². The summed E-state index contributed by atoms with van der Waals surface area (Å²) in [6.45, 7) is 0.391. The predicted octanol–water partition coefficient (Wildman–Crippen LogP) is 4.33. The third kappa shape index (κ3) is 5.75. The summed E-state index contributed by atoms with van der Waals surface area (Å²) in [5.41, 5.74) is 2.51. The second-order valence-corrected chi connectivity index (χ2v) is 6.90. The van der Waals surface area contributed by atoms with Gasteiger partial charge in [0.25, 0.3) is 5.91 Å². The molecule has 7 heteroatoms. The number of ether oxygens (including phenoxy) is 1. The third-order valence-electron chi connectivity index (χ3n) is 4.34. The average Bonchev–Trinajstić information content (AvgIpc) is 2.77. The summed E-state index contributed by atoms with van der Waals surface area (Å²) >= 11 is 5.99. The normalized spacial score (nSPS) is 10.2. The van der Waals surface area contributed by atoms with Crippen LogP contribution in [-0.4, -0.2) is 25.5 Å². The van der Waals surface area contributed by atoms with Crippen molar-refractivity contribution in [2.24, 2.45) is 0 Å². The second kappa shape index (κ2) is 10.3. The lowest BCUT2D eigenvalue weighted by Gasteiger charge is -2.14. The quantitative estimate of drug-likeness (QED) is 0.504. The van der Waals surface area contributed by atoms with E-state index in [4.69, 9.17) is 16.3 Å². The molecule has 0 radical (unpaired) electrons. The summed E-state index contributed by atoms with van der Waals surface area (Å²) < 4.78 is 5.23. The number of hydrogen-bond donors (Lipinski definition) is 3. The minimum Gasteiger partial charge on any atom is -0.495 e. The van der Waals surface area contributed by atoms with Gasteiger partial charge in [-0.25, -0.2) is 0 Å². The molecule has 154 valence electrons. The van der Waals surface area contributed by atoms with Crippen LogP contribution in [0.4, 0.5) is 11.4 Å². The molecule has 0 aromatic heterocycles. The molecule has 0 aliphatic heterocycles. The van der Waals surface area contributed by atoms with E-state index in [2.05, 4.69) is 16.0 Å². The molecule has 3 N–H and O–H groups in total. The fourth-order valence-electron chi connectivity index (χ4n) is 2.86. The highest BCUT2D eigenvalue weighted by molar-refractivity contribution is 6.31. The van der Waals surface area contributed by atoms with Gasteiger partial charge in [-0.15, -0.1) is 0 Å². The molecule has 0 atom stereocenters. The molecular formula is C23H22ClN3O3. The van der Waals surface area contributed by atoms with E-state index >= 15 is 0 Å². The van der Waals surface area contributed by atoms with Crippen molar-refractivity contribution in [2.45, 2.75) is 6.54 Å². The van der Waals surface area contributed by atoms with Gasteiger partial charge in [0.05, 0.1) is 24.9 Å². The fourth-order valence-corrected chi connectivity index (χ4v) is 3.03. The number of halogens is 1. The number of carbonyl (C=O) groups is 2. The molecule has 0 aliphatic carbocycles. The molecule has 6 nitrogen and oxygen atoms in total. The average molecular weight is 424 g/mol. The van der Waals surface area contributed by atoms with Crippen molar-refractivity contribution in [1.82, 2.24) is 5.32 Å². The molecule has 30 heavy (non-hydrogen) atoms. The van der Waals surface area contributed by atoms with Crippen molar-refractivity contribution < 1.29 is 14.3 Å². The number of anilines is 2. The predicted molar refractivity (Wildman–Crippen MR) is 119 cm³/mol. The lowest BCUT2D eigenvalue weighted by Crippen LogP contribution is -2.26. The first kappa shape index (κ1) is 21.2. The van der Waals surface area contributed by atoms with E-state index in [1.165, 1.54) is 7.11 Å². The van der Waals surface area contributed by atoms with E-state index in [0.29, 0.717) is 34.3 Å². The van der Waals surface area contributed by atoms with Gasteiger partial charge in [0.1, 0.15) is 5.75 Å². The van der Waals surface area contributed by atoms with Crippen molar-refractivity contribution in [3.05, 3.63) is 88.9 Å². The smallest absolute Gasteiger partial charge is 0.253 e. The highest BCUT2D eigenvalue weighted by atomic mass is 35.5. The molecule has 2 amide bonds. The van der Waals surface area contributed by atoms with Crippen molar-refractivity contribution >= 4 is 34.8 Å². The number of benzene rings is 3. The summed E-state index contributed by atoms with van der Waals surface area (Å²) in [6.07, 6.45) is 0. The van der Waals surface area contributed by atoms with Gasteiger partial charge in [-0.05, 0) is 35.9 Å². The zero-order valence-corrected chi connectivity index (χ0v) is 17.2. The molecule has 0 heterocycles. The molecule has 0 fully saturated rings. The molecule has 3 rings (SSSR count). The topological polar surface area (TPSA) is 79.5 Å². The molecule has 3 aromatic rings. The summed E-state index contributed by atoms with van der Waals surface area (Å²) in [5.74, 6) is -0.0117. The summed E-state index contributed by atoms with van der Waals surface area (Å²) in [5, 5.41) is 9.15. The van der Waals surface area contributed by atoms with Gasteiger partial charge in [0.15, 0.2) is 0 Å². The minimum atomic E-state index is -0.296. The number of methoxy groups -OCH3 is 1. The van der Waals surface area contributed by atoms with Gasteiger partial charge >= 0.3 is 0 Å². The van der Waals surface area contributed by atoms with Crippen LogP contribution >= 0.6 is 11.6 Å². The highest BCUT2D eigenvalue weighted by Crippen LogP contribution is 2.27. The number of amides is 2. The Hall–Kier alpha value is -3.51. The van der Waals surface area contributed by atoms with Crippen molar-refractivity contribution in [3.8, 4) is 5.75 Å². The largest absolute Gasteiger partial charge is 0.495 e. The maximum absolute atomic E-state index is 12.6. The lowest BCUT2D eigenvalue weighted by molar-refractivity contribution is -0.114. The van der Waals surface area contributed by atoms with Gasteiger partial charge in [-0.1, -0.05) is 54.1 Å². The summed E-state index contributed by atoms with van der Waals surface area (Å²) in [4.78, 5) is 25.0. The first-order chi connectivity index (χ1) is 14.6. The molecule has 0 aliphatic rings. The number of carbonyl (C=O) groups excluding carboxylic acids is 2. The maximum atomic E-state index is 12.6. The molecule has 0 saturated heterocycles. The third-order valence-corrected chi connectivity index (χ3v) is 4.58. The maximum Gasteiger partial charge on any atom is 0.253 e. The number of rotatable bonds is 8. The Morgan fingerprint density at radius 2 is 1.67 bits per heavy atom. The Kier molecular flexibility index (Phi) is 7.29. The van der Waals surface area contributed by atoms with Gasteiger partial charge in [0.2, 0.25) is 5.91 Å². The first-order valence-electron chi connectivity index (χ1n) is 9.35. The van der Waals surface area contributed by atoms with Gasteiger partial charge in [-0.2, -0.15) is 0 Å². The van der Waals surface area contributed by atoms with E-state index in [0.717, 1.165) is 5.56 Å². The van der Waals surface area contributed by atoms with Crippen molar-refractivity contribution in [1.29, 1.82) is 0 Å². The lowest BCUT2D eigenvalue weighted by atomic mass is 10.1. The fraction of sp³-hybridized carbons (Fsp3) is 0.130. The van der Waals surface area contributed by atoms with Gasteiger partial charge in [0, 0.05) is 17.3 Å². The van der Waals surface area contributed by atoms with Crippen molar-refractivity contribution in [2.75, 3.05) is 24.3 Å². The Morgan fingerprint density at radius 3 is 2.43 bits per heavy atom. The molecule has 0 bridgehead atoms. The van der Waals surface area contributed by atoms with E-state index in [1.54, 1.807) is 42.5 Å². The van der Waals surface area contributed by atoms with Crippen molar-refractivity contribution in [3.63, 3.8) is 0 Å². The Balaban J connectivity index is 1.61. The Bertz CT molecular complexity index is 1030. The number of nitrogens with one attached hydrogen (secondary N) is 3. The molecule has 0 spiro atoms. The Labute approximate surface area is 180 Å². The van der Waals surface area contributed by atoms with Crippen LogP contribution in [0.5, 0.6) is 5.75 Å². The SMILES string of the molecule is COc1ccc(Cl)cc1NC(=O)CNc1ccccc1C(=O)NCc1ccccc1. The van der Waals surface area contributed by atoms with Crippen LogP contribution in [-0.2, 0) is 11.3 Å². The highest BCUT2D eigenvalue weighted by Gasteiger charge is 2.13. The van der Waals surface area contributed by atoms with E-state index in [9.17, 15) is 9.59 Å². The molecule has 0 unspecified atom stereocenters. The minimum absolute atomic E-state index is 0.0291. The van der Waals surface area contributed by atoms with Crippen LogP contribution < -0.4 is 20.7 Å². The standard InChI is InChI=1S/C23H22ClN3O3/c1-30-21-12-11-17(24)13-20(21)27-22(28)15-25-19-10-6-5-9-18(19)23(29)26-14-16-7-3-2-4-8-16/h2-13,25H,14-15H2,1H3,(H,26,29)(H,27,28). The number of hydrogen-bond acceptors (Lipinski definition) is 4. The van der Waals surface area contributed by atoms with Crippen LogP contribution in [0, 0.1) is 0 Å². The molecular weight excluding hydrogens is 402 g/mol. The first-order valence-corrected chi connectivity index (χ1v) is 9.73.